The van der Waals surface area contributed by atoms with Crippen LogP contribution in [0.1, 0.15) is 22.0 Å². The Labute approximate surface area is 152 Å². The molecule has 0 radical (unpaired) electrons. The Kier molecular flexibility index (Phi) is 4.46. The smallest absolute Gasteiger partial charge is 0.272 e. The number of rotatable bonds is 4. The Balaban J connectivity index is 1.39. The minimum Gasteiger partial charge on any atom is -0.335 e. The summed E-state index contributed by atoms with van der Waals surface area (Å²) in [5.74, 6) is 1.12. The Bertz CT molecular complexity index is 919. The normalized spacial score (nSPS) is 15.7. The lowest BCUT2D eigenvalue weighted by Gasteiger charge is -2.34. The average molecular weight is 352 g/mol. The molecule has 1 amide bonds. The van der Waals surface area contributed by atoms with Gasteiger partial charge in [-0.1, -0.05) is 6.07 Å². The van der Waals surface area contributed by atoms with Crippen LogP contribution in [0.2, 0.25) is 0 Å². The molecule has 7 heteroatoms. The first-order chi connectivity index (χ1) is 12.6. The molecule has 26 heavy (non-hydrogen) atoms. The summed E-state index contributed by atoms with van der Waals surface area (Å²) in [7, 11) is 0. The van der Waals surface area contributed by atoms with Crippen LogP contribution in [0.4, 0.5) is 0 Å². The zero-order valence-electron chi connectivity index (χ0n) is 15.3. The van der Waals surface area contributed by atoms with Crippen molar-refractivity contribution in [2.45, 2.75) is 20.4 Å². The number of nitrogens with zero attached hydrogens (tertiary/aromatic N) is 6. The minimum absolute atomic E-state index is 0.0753. The van der Waals surface area contributed by atoms with Crippen molar-refractivity contribution in [3.05, 3.63) is 54.0 Å². The van der Waals surface area contributed by atoms with Gasteiger partial charge in [0.05, 0.1) is 5.69 Å². The van der Waals surface area contributed by atoms with E-state index >= 15 is 0 Å². The van der Waals surface area contributed by atoms with E-state index in [4.69, 9.17) is 0 Å². The Morgan fingerprint density at radius 3 is 2.62 bits per heavy atom. The van der Waals surface area contributed by atoms with E-state index in [1.165, 1.54) is 0 Å². The molecule has 0 atom stereocenters. The van der Waals surface area contributed by atoms with Crippen molar-refractivity contribution in [3.8, 4) is 0 Å². The summed E-state index contributed by atoms with van der Waals surface area (Å²) in [6, 6.07) is 5.80. The third kappa shape index (κ3) is 3.10. The van der Waals surface area contributed by atoms with Crippen molar-refractivity contribution in [3.63, 3.8) is 0 Å². The van der Waals surface area contributed by atoms with Crippen LogP contribution in [0.3, 0.4) is 0 Å². The molecule has 0 bridgehead atoms. The quantitative estimate of drug-likeness (QED) is 0.716. The van der Waals surface area contributed by atoms with Gasteiger partial charge in [-0.25, -0.2) is 9.97 Å². The molecule has 4 heterocycles. The number of pyridine rings is 1. The van der Waals surface area contributed by atoms with E-state index in [-0.39, 0.29) is 5.91 Å². The molecule has 0 unspecified atom stereocenters. The third-order valence-electron chi connectivity index (χ3n) is 5.15. The standard InChI is InChI=1S/C19H24N6O/c1-15-18(25-7-4-3-5-17(25)21-15)19(26)24-13-10-22(11-14-24)9-12-23-8-6-20-16(23)2/h3-8H,9-14H2,1-2H3. The lowest BCUT2D eigenvalue weighted by atomic mass is 10.2. The highest BCUT2D eigenvalue weighted by atomic mass is 16.2. The summed E-state index contributed by atoms with van der Waals surface area (Å²) < 4.78 is 4.06. The maximum Gasteiger partial charge on any atom is 0.272 e. The van der Waals surface area contributed by atoms with Gasteiger partial charge >= 0.3 is 0 Å². The number of piperazine rings is 1. The SMILES string of the molecule is Cc1nc2ccccn2c1C(=O)N1CCN(CCn2ccnc2C)CC1. The highest BCUT2D eigenvalue weighted by molar-refractivity contribution is 5.94. The molecule has 1 aliphatic heterocycles. The van der Waals surface area contributed by atoms with Gasteiger partial charge in [0.25, 0.3) is 5.91 Å². The molecule has 1 aliphatic rings. The van der Waals surface area contributed by atoms with Gasteiger partial charge in [0.1, 0.15) is 17.2 Å². The van der Waals surface area contributed by atoms with Crippen molar-refractivity contribution in [1.29, 1.82) is 0 Å². The van der Waals surface area contributed by atoms with Crippen molar-refractivity contribution < 1.29 is 4.79 Å². The van der Waals surface area contributed by atoms with E-state index in [0.29, 0.717) is 5.69 Å². The van der Waals surface area contributed by atoms with Gasteiger partial charge in [0, 0.05) is 57.9 Å². The van der Waals surface area contributed by atoms with Crippen LogP contribution in [0.25, 0.3) is 5.65 Å². The summed E-state index contributed by atoms with van der Waals surface area (Å²) in [5.41, 5.74) is 2.30. The fourth-order valence-electron chi connectivity index (χ4n) is 3.58. The van der Waals surface area contributed by atoms with E-state index in [1.54, 1.807) is 0 Å². The van der Waals surface area contributed by atoms with Crippen LogP contribution < -0.4 is 0 Å². The van der Waals surface area contributed by atoms with Gasteiger partial charge in [-0.3, -0.25) is 14.1 Å². The second kappa shape index (κ2) is 6.92. The van der Waals surface area contributed by atoms with E-state index < -0.39 is 0 Å². The molecule has 0 aliphatic carbocycles. The number of aromatic nitrogens is 4. The summed E-state index contributed by atoms with van der Waals surface area (Å²) in [4.78, 5) is 26.1. The number of hydrogen-bond acceptors (Lipinski definition) is 4. The number of carbonyl (C=O) groups is 1. The average Bonchev–Trinajstić information content (AvgIpc) is 3.21. The minimum atomic E-state index is 0.0753. The lowest BCUT2D eigenvalue weighted by molar-refractivity contribution is 0.0625. The first kappa shape index (κ1) is 16.8. The molecule has 4 rings (SSSR count). The van der Waals surface area contributed by atoms with Gasteiger partial charge in [0.15, 0.2) is 0 Å². The maximum atomic E-state index is 13.0. The second-order valence-corrected chi connectivity index (χ2v) is 6.78. The van der Waals surface area contributed by atoms with Gasteiger partial charge in [-0.15, -0.1) is 0 Å². The molecule has 7 nitrogen and oxygen atoms in total. The largest absolute Gasteiger partial charge is 0.335 e. The molecule has 0 N–H and O–H groups in total. The number of carbonyl (C=O) groups excluding carboxylic acids is 1. The van der Waals surface area contributed by atoms with E-state index in [0.717, 1.165) is 56.4 Å². The van der Waals surface area contributed by atoms with E-state index in [9.17, 15) is 4.79 Å². The van der Waals surface area contributed by atoms with Gasteiger partial charge < -0.3 is 9.47 Å². The Morgan fingerprint density at radius 1 is 1.08 bits per heavy atom. The summed E-state index contributed by atoms with van der Waals surface area (Å²) in [6.07, 6.45) is 5.76. The summed E-state index contributed by atoms with van der Waals surface area (Å²) in [5, 5.41) is 0. The first-order valence-electron chi connectivity index (χ1n) is 9.06. The number of aryl methyl sites for hydroxylation is 2. The molecule has 1 fully saturated rings. The van der Waals surface area contributed by atoms with Crippen LogP contribution in [0.5, 0.6) is 0 Å². The fraction of sp³-hybridized carbons (Fsp3) is 0.421. The number of amides is 1. The van der Waals surface area contributed by atoms with Crippen molar-refractivity contribution >= 4 is 11.6 Å². The monoisotopic (exact) mass is 352 g/mol. The predicted molar refractivity (Wildman–Crippen MR) is 99.2 cm³/mol. The molecule has 3 aromatic rings. The fourth-order valence-corrected chi connectivity index (χ4v) is 3.58. The summed E-state index contributed by atoms with van der Waals surface area (Å²) >= 11 is 0. The zero-order chi connectivity index (χ0) is 18.1. The highest BCUT2D eigenvalue weighted by Crippen LogP contribution is 2.15. The molecule has 0 aromatic carbocycles. The molecule has 136 valence electrons. The maximum absolute atomic E-state index is 13.0. The Morgan fingerprint density at radius 2 is 1.88 bits per heavy atom. The number of fused-ring (bicyclic) bond motifs is 1. The molecular weight excluding hydrogens is 328 g/mol. The van der Waals surface area contributed by atoms with Crippen molar-refractivity contribution in [2.75, 3.05) is 32.7 Å². The van der Waals surface area contributed by atoms with Crippen molar-refractivity contribution in [1.82, 2.24) is 28.7 Å². The Hall–Kier alpha value is -2.67. The predicted octanol–water partition coefficient (Wildman–Crippen LogP) is 1.61. The molecule has 0 saturated carbocycles. The zero-order valence-corrected chi connectivity index (χ0v) is 15.3. The molecule has 3 aromatic heterocycles. The van der Waals surface area contributed by atoms with Crippen molar-refractivity contribution in [2.24, 2.45) is 0 Å². The molecule has 0 spiro atoms. The summed E-state index contributed by atoms with van der Waals surface area (Å²) in [6.45, 7) is 9.14. The number of hydrogen-bond donors (Lipinski definition) is 0. The van der Waals surface area contributed by atoms with Gasteiger partial charge in [-0.05, 0) is 26.0 Å². The highest BCUT2D eigenvalue weighted by Gasteiger charge is 2.25. The third-order valence-corrected chi connectivity index (χ3v) is 5.15. The lowest BCUT2D eigenvalue weighted by Crippen LogP contribution is -2.49. The van der Waals surface area contributed by atoms with Crippen LogP contribution in [-0.4, -0.2) is 67.4 Å². The topological polar surface area (TPSA) is 58.7 Å². The second-order valence-electron chi connectivity index (χ2n) is 6.78. The van der Waals surface area contributed by atoms with E-state index in [1.807, 2.05) is 59.9 Å². The van der Waals surface area contributed by atoms with Crippen LogP contribution >= 0.6 is 0 Å². The molecule has 1 saturated heterocycles. The van der Waals surface area contributed by atoms with Crippen LogP contribution in [0.15, 0.2) is 36.8 Å². The molecular formula is C19H24N6O. The first-order valence-corrected chi connectivity index (χ1v) is 9.06. The number of imidazole rings is 2. The van der Waals surface area contributed by atoms with Gasteiger partial charge in [-0.2, -0.15) is 0 Å². The van der Waals surface area contributed by atoms with Gasteiger partial charge in [0.2, 0.25) is 0 Å². The van der Waals surface area contributed by atoms with Crippen LogP contribution in [-0.2, 0) is 6.54 Å². The van der Waals surface area contributed by atoms with Crippen LogP contribution in [0, 0.1) is 13.8 Å². The van der Waals surface area contributed by atoms with E-state index in [2.05, 4.69) is 19.4 Å².